The van der Waals surface area contributed by atoms with Gasteiger partial charge in [-0.25, -0.2) is 13.6 Å². The lowest BCUT2D eigenvalue weighted by Gasteiger charge is -2.14. The molecule has 6 nitrogen and oxygen atoms in total. The van der Waals surface area contributed by atoms with E-state index in [0.717, 1.165) is 17.3 Å². The summed E-state index contributed by atoms with van der Waals surface area (Å²) < 4.78 is 28.6. The quantitative estimate of drug-likeness (QED) is 0.386. The monoisotopic (exact) mass is 490 g/mol. The first kappa shape index (κ1) is 21.8. The highest BCUT2D eigenvalue weighted by atomic mass is 35.5. The Balaban J connectivity index is 1.52. The molecule has 158 valence electrons. The number of carbonyl (C=O) groups is 1. The molecular formula is C21H15ClN2O4S3. The Bertz CT molecular complexity index is 1300. The van der Waals surface area contributed by atoms with Crippen molar-refractivity contribution in [3.05, 3.63) is 81.9 Å². The summed E-state index contributed by atoms with van der Waals surface area (Å²) >= 11 is 12.5. The van der Waals surface area contributed by atoms with Gasteiger partial charge in [0.15, 0.2) is 0 Å². The van der Waals surface area contributed by atoms with E-state index in [2.05, 4.69) is 0 Å². The minimum atomic E-state index is -3.75. The summed E-state index contributed by atoms with van der Waals surface area (Å²) in [5, 5.41) is 5.59. The van der Waals surface area contributed by atoms with Crippen molar-refractivity contribution in [1.29, 1.82) is 0 Å². The molecule has 3 aromatic rings. The number of amides is 1. The molecule has 2 N–H and O–H groups in total. The van der Waals surface area contributed by atoms with E-state index in [1.165, 1.54) is 17.0 Å². The lowest BCUT2D eigenvalue weighted by atomic mass is 10.2. The molecule has 31 heavy (non-hydrogen) atoms. The predicted octanol–water partition coefficient (Wildman–Crippen LogP) is 5.28. The third-order valence-electron chi connectivity index (χ3n) is 4.50. The molecule has 2 aromatic carbocycles. The maximum atomic E-state index is 12.4. The first-order valence-corrected chi connectivity index (χ1v) is 12.1. The number of carbonyl (C=O) groups excluding carboxylic acids is 1. The van der Waals surface area contributed by atoms with Gasteiger partial charge in [0.2, 0.25) is 10.0 Å². The fourth-order valence-electron chi connectivity index (χ4n) is 2.93. The van der Waals surface area contributed by atoms with Gasteiger partial charge in [0.05, 0.1) is 16.3 Å². The Labute approximate surface area is 193 Å². The van der Waals surface area contributed by atoms with Crippen LogP contribution in [0.4, 0.5) is 4.79 Å². The van der Waals surface area contributed by atoms with E-state index in [0.29, 0.717) is 38.5 Å². The smallest absolute Gasteiger partial charge is 0.291 e. The minimum absolute atomic E-state index is 0.0251. The Kier molecular flexibility index (Phi) is 6.05. The SMILES string of the molecule is NS(=O)(=O)c1ccc(-c2ccc(/C=C3\SC(=O)N(Cc4ccc(Cl)cc4)C3=S)o2)cc1. The van der Waals surface area contributed by atoms with Crippen LogP contribution in [-0.4, -0.2) is 23.5 Å². The van der Waals surface area contributed by atoms with Gasteiger partial charge in [-0.15, -0.1) is 0 Å². The van der Waals surface area contributed by atoms with Crippen LogP contribution in [0, 0.1) is 0 Å². The van der Waals surface area contributed by atoms with Crippen LogP contribution in [0.1, 0.15) is 11.3 Å². The normalized spacial score (nSPS) is 15.8. The number of primary sulfonamides is 1. The highest BCUT2D eigenvalue weighted by molar-refractivity contribution is 8.19. The number of hydrogen-bond donors (Lipinski definition) is 1. The minimum Gasteiger partial charge on any atom is -0.457 e. The summed E-state index contributed by atoms with van der Waals surface area (Å²) in [5.74, 6) is 1.07. The van der Waals surface area contributed by atoms with Crippen LogP contribution < -0.4 is 5.14 Å². The van der Waals surface area contributed by atoms with Crippen LogP contribution in [-0.2, 0) is 16.6 Å². The van der Waals surface area contributed by atoms with E-state index < -0.39 is 10.0 Å². The number of thioether (sulfide) groups is 1. The summed E-state index contributed by atoms with van der Waals surface area (Å²) in [4.78, 5) is 15.1. The third-order valence-corrected chi connectivity index (χ3v) is 7.17. The van der Waals surface area contributed by atoms with Crippen molar-refractivity contribution in [3.63, 3.8) is 0 Å². The topological polar surface area (TPSA) is 93.6 Å². The number of sulfonamides is 1. The van der Waals surface area contributed by atoms with E-state index in [9.17, 15) is 13.2 Å². The standard InChI is InChI=1S/C21H15ClN2O4S3/c22-15-5-1-13(2-6-15)12-24-20(29)19(30-21(24)25)11-16-7-10-18(28-16)14-3-8-17(9-4-14)31(23,26)27/h1-11H,12H2,(H2,23,26,27)/b19-11-. The molecule has 0 bridgehead atoms. The molecule has 0 unspecified atom stereocenters. The van der Waals surface area contributed by atoms with Gasteiger partial charge >= 0.3 is 0 Å². The second-order valence-electron chi connectivity index (χ2n) is 6.67. The number of thiocarbonyl (C=S) groups is 1. The Morgan fingerprint density at radius 2 is 1.74 bits per heavy atom. The molecule has 0 spiro atoms. The van der Waals surface area contributed by atoms with Crippen molar-refractivity contribution in [2.24, 2.45) is 5.14 Å². The molecule has 1 saturated heterocycles. The highest BCUT2D eigenvalue weighted by Gasteiger charge is 2.32. The van der Waals surface area contributed by atoms with Gasteiger partial charge in [-0.05, 0) is 71.9 Å². The number of rotatable bonds is 5. The summed E-state index contributed by atoms with van der Waals surface area (Å²) in [7, 11) is -3.75. The van der Waals surface area contributed by atoms with E-state index in [1.54, 1.807) is 42.5 Å². The molecule has 1 aromatic heterocycles. The number of halogens is 1. The molecule has 4 rings (SSSR count). The summed E-state index contributed by atoms with van der Waals surface area (Å²) in [5.41, 5.74) is 1.62. The van der Waals surface area contributed by atoms with Crippen LogP contribution in [0.3, 0.4) is 0 Å². The van der Waals surface area contributed by atoms with E-state index >= 15 is 0 Å². The average molecular weight is 491 g/mol. The molecule has 10 heteroatoms. The fraction of sp³-hybridized carbons (Fsp3) is 0.0476. The molecule has 0 radical (unpaired) electrons. The lowest BCUT2D eigenvalue weighted by molar-refractivity contribution is 0.244. The van der Waals surface area contributed by atoms with Gasteiger partial charge in [0.1, 0.15) is 16.5 Å². The summed E-state index contributed by atoms with van der Waals surface area (Å²) in [6, 6.07) is 16.8. The van der Waals surface area contributed by atoms with Crippen molar-refractivity contribution in [2.45, 2.75) is 11.4 Å². The second-order valence-corrected chi connectivity index (χ2v) is 10.0. The van der Waals surface area contributed by atoms with E-state index in [-0.39, 0.29) is 10.1 Å². The van der Waals surface area contributed by atoms with Gasteiger partial charge in [-0.2, -0.15) is 0 Å². The lowest BCUT2D eigenvalue weighted by Crippen LogP contribution is -2.26. The van der Waals surface area contributed by atoms with Crippen LogP contribution in [0.25, 0.3) is 17.4 Å². The van der Waals surface area contributed by atoms with Crippen molar-refractivity contribution in [1.82, 2.24) is 4.90 Å². The van der Waals surface area contributed by atoms with E-state index in [4.69, 9.17) is 33.4 Å². The number of furan rings is 1. The van der Waals surface area contributed by atoms with Crippen molar-refractivity contribution in [2.75, 3.05) is 0 Å². The Hall–Kier alpha value is -2.43. The maximum Gasteiger partial charge on any atom is 0.291 e. The third kappa shape index (κ3) is 4.91. The molecule has 0 atom stereocenters. The molecular weight excluding hydrogens is 476 g/mol. The fourth-order valence-corrected chi connectivity index (χ4v) is 4.79. The number of nitrogens with two attached hydrogens (primary N) is 1. The average Bonchev–Trinajstić information content (AvgIpc) is 3.29. The molecule has 1 fully saturated rings. The second kappa shape index (κ2) is 8.60. The van der Waals surface area contributed by atoms with Crippen LogP contribution in [0.2, 0.25) is 5.02 Å². The van der Waals surface area contributed by atoms with E-state index in [1.807, 2.05) is 12.1 Å². The van der Waals surface area contributed by atoms with Crippen molar-refractivity contribution >= 4 is 61.9 Å². The number of benzene rings is 2. The first-order valence-electron chi connectivity index (χ1n) is 8.93. The zero-order chi connectivity index (χ0) is 22.2. The number of nitrogens with zero attached hydrogens (tertiary/aromatic N) is 1. The predicted molar refractivity (Wildman–Crippen MR) is 126 cm³/mol. The molecule has 0 saturated carbocycles. The van der Waals surface area contributed by atoms with Gasteiger partial charge < -0.3 is 4.42 Å². The van der Waals surface area contributed by atoms with Crippen LogP contribution >= 0.6 is 35.6 Å². The highest BCUT2D eigenvalue weighted by Crippen LogP contribution is 2.35. The Morgan fingerprint density at radius 3 is 2.39 bits per heavy atom. The molecule has 1 amide bonds. The van der Waals surface area contributed by atoms with Crippen LogP contribution in [0.15, 0.2) is 74.9 Å². The largest absolute Gasteiger partial charge is 0.457 e. The summed E-state index contributed by atoms with van der Waals surface area (Å²) in [6.07, 6.45) is 1.72. The van der Waals surface area contributed by atoms with Crippen LogP contribution in [0.5, 0.6) is 0 Å². The molecule has 1 aliphatic rings. The molecule has 1 aliphatic heterocycles. The zero-order valence-corrected chi connectivity index (χ0v) is 19.0. The van der Waals surface area contributed by atoms with Gasteiger partial charge in [-0.1, -0.05) is 36.0 Å². The Morgan fingerprint density at radius 1 is 1.06 bits per heavy atom. The van der Waals surface area contributed by atoms with Gasteiger partial charge in [0.25, 0.3) is 5.24 Å². The van der Waals surface area contributed by atoms with Gasteiger partial charge in [-0.3, -0.25) is 9.69 Å². The summed E-state index contributed by atoms with van der Waals surface area (Å²) in [6.45, 7) is 0.360. The maximum absolute atomic E-state index is 12.4. The number of hydrogen-bond acceptors (Lipinski definition) is 6. The zero-order valence-electron chi connectivity index (χ0n) is 15.8. The van der Waals surface area contributed by atoms with Crippen molar-refractivity contribution < 1.29 is 17.6 Å². The molecule has 2 heterocycles. The first-order chi connectivity index (χ1) is 14.7. The van der Waals surface area contributed by atoms with Gasteiger partial charge in [0, 0.05) is 10.6 Å². The van der Waals surface area contributed by atoms with Crippen molar-refractivity contribution in [3.8, 4) is 11.3 Å². The molecule has 0 aliphatic carbocycles.